The van der Waals surface area contributed by atoms with E-state index in [1.54, 1.807) is 4.90 Å². The Balaban J connectivity index is 1.42. The number of para-hydroxylation sites is 1. The van der Waals surface area contributed by atoms with Crippen LogP contribution in [-0.4, -0.2) is 66.7 Å². The number of hydrogen-bond donors (Lipinski definition) is 0. The van der Waals surface area contributed by atoms with E-state index in [4.69, 9.17) is 4.74 Å². The highest BCUT2D eigenvalue weighted by molar-refractivity contribution is 5.95. The summed E-state index contributed by atoms with van der Waals surface area (Å²) in [6, 6.07) is 8.38. The van der Waals surface area contributed by atoms with Gasteiger partial charge in [0.1, 0.15) is 5.60 Å². The van der Waals surface area contributed by atoms with E-state index in [0.29, 0.717) is 6.42 Å². The molecule has 0 saturated carbocycles. The van der Waals surface area contributed by atoms with Gasteiger partial charge < -0.3 is 19.4 Å². The second kappa shape index (κ2) is 8.52. The molecule has 6 heteroatoms. The van der Waals surface area contributed by atoms with Crippen molar-refractivity contribution in [2.45, 2.75) is 58.1 Å². The van der Waals surface area contributed by atoms with E-state index in [9.17, 15) is 9.59 Å². The topological polar surface area (TPSA) is 53.1 Å². The van der Waals surface area contributed by atoms with Crippen molar-refractivity contribution in [1.29, 1.82) is 0 Å². The van der Waals surface area contributed by atoms with Gasteiger partial charge in [-0.25, -0.2) is 4.79 Å². The van der Waals surface area contributed by atoms with Crippen molar-refractivity contribution >= 4 is 17.7 Å². The number of piperidine rings is 1. The Bertz CT molecular complexity index is 705. The standard InChI is InChI=1S/C22H33N3O3/c1-22(2,3)28-21(27)23(4)18-10-13-24(14-11-18)15-12-20(26)25-16-9-17-7-5-6-8-19(17)25/h5-8,18H,9-16H2,1-4H3. The van der Waals surface area contributed by atoms with Gasteiger partial charge in [-0.05, 0) is 51.7 Å². The third-order valence-corrected chi connectivity index (χ3v) is 5.62. The Kier molecular flexibility index (Phi) is 6.28. The van der Waals surface area contributed by atoms with Crippen LogP contribution in [0.3, 0.4) is 0 Å². The van der Waals surface area contributed by atoms with Gasteiger partial charge in [0, 0.05) is 51.4 Å². The highest BCUT2D eigenvalue weighted by Gasteiger charge is 2.29. The Morgan fingerprint density at radius 2 is 1.82 bits per heavy atom. The van der Waals surface area contributed by atoms with Crippen molar-refractivity contribution < 1.29 is 14.3 Å². The van der Waals surface area contributed by atoms with Crippen LogP contribution in [0.5, 0.6) is 0 Å². The molecule has 0 N–H and O–H groups in total. The van der Waals surface area contributed by atoms with Crippen molar-refractivity contribution in [1.82, 2.24) is 9.80 Å². The first-order valence-corrected chi connectivity index (χ1v) is 10.3. The van der Waals surface area contributed by atoms with Crippen LogP contribution in [0.1, 0.15) is 45.6 Å². The van der Waals surface area contributed by atoms with E-state index in [1.807, 2.05) is 50.9 Å². The zero-order valence-electron chi connectivity index (χ0n) is 17.6. The van der Waals surface area contributed by atoms with Gasteiger partial charge in [0.05, 0.1) is 0 Å². The average molecular weight is 388 g/mol. The number of amides is 2. The molecule has 3 rings (SSSR count). The molecule has 0 atom stereocenters. The summed E-state index contributed by atoms with van der Waals surface area (Å²) in [6.07, 6.45) is 3.06. The summed E-state index contributed by atoms with van der Waals surface area (Å²) >= 11 is 0. The maximum Gasteiger partial charge on any atom is 0.410 e. The number of anilines is 1. The summed E-state index contributed by atoms with van der Waals surface area (Å²) in [5, 5.41) is 0. The minimum absolute atomic E-state index is 0.201. The van der Waals surface area contributed by atoms with Crippen LogP contribution >= 0.6 is 0 Å². The number of benzene rings is 1. The summed E-state index contributed by atoms with van der Waals surface area (Å²) in [6.45, 7) is 9.04. The first-order valence-electron chi connectivity index (χ1n) is 10.3. The molecule has 1 aromatic rings. The number of fused-ring (bicyclic) bond motifs is 1. The van der Waals surface area contributed by atoms with Gasteiger partial charge >= 0.3 is 6.09 Å². The van der Waals surface area contributed by atoms with Gasteiger partial charge in [0.15, 0.2) is 0 Å². The summed E-state index contributed by atoms with van der Waals surface area (Å²) < 4.78 is 5.47. The number of hydrogen-bond acceptors (Lipinski definition) is 4. The highest BCUT2D eigenvalue weighted by Crippen LogP contribution is 2.28. The van der Waals surface area contributed by atoms with Crippen molar-refractivity contribution in [3.63, 3.8) is 0 Å². The minimum Gasteiger partial charge on any atom is -0.444 e. The molecule has 0 radical (unpaired) electrons. The molecule has 0 unspecified atom stereocenters. The lowest BCUT2D eigenvalue weighted by Crippen LogP contribution is -2.47. The van der Waals surface area contributed by atoms with Crippen molar-refractivity contribution in [2.75, 3.05) is 38.1 Å². The summed E-state index contributed by atoms with van der Waals surface area (Å²) in [4.78, 5) is 30.9. The predicted octanol–water partition coefficient (Wildman–Crippen LogP) is 3.30. The molecule has 2 amide bonds. The molecule has 6 nitrogen and oxygen atoms in total. The molecule has 1 saturated heterocycles. The van der Waals surface area contributed by atoms with Crippen LogP contribution < -0.4 is 4.90 Å². The fourth-order valence-electron chi connectivity index (χ4n) is 4.00. The van der Waals surface area contributed by atoms with Gasteiger partial charge in [0.2, 0.25) is 5.91 Å². The first-order chi connectivity index (χ1) is 13.2. The van der Waals surface area contributed by atoms with Crippen LogP contribution in [0.15, 0.2) is 24.3 Å². The number of nitrogens with zero attached hydrogens (tertiary/aromatic N) is 3. The largest absolute Gasteiger partial charge is 0.444 e. The molecule has 2 heterocycles. The number of carbonyl (C=O) groups is 2. The normalized spacial score (nSPS) is 18.1. The minimum atomic E-state index is -0.472. The lowest BCUT2D eigenvalue weighted by atomic mass is 10.0. The molecular weight excluding hydrogens is 354 g/mol. The SMILES string of the molecule is CN(C(=O)OC(C)(C)C)C1CCN(CCC(=O)N2CCc3ccccc32)CC1. The third-order valence-electron chi connectivity index (χ3n) is 5.62. The third kappa shape index (κ3) is 5.04. The lowest BCUT2D eigenvalue weighted by molar-refractivity contribution is -0.118. The van der Waals surface area contributed by atoms with E-state index < -0.39 is 5.60 Å². The molecule has 154 valence electrons. The number of ether oxygens (including phenoxy) is 1. The zero-order chi connectivity index (χ0) is 20.3. The fraction of sp³-hybridized carbons (Fsp3) is 0.636. The highest BCUT2D eigenvalue weighted by atomic mass is 16.6. The van der Waals surface area contributed by atoms with E-state index in [1.165, 1.54) is 5.56 Å². The molecule has 0 bridgehead atoms. The Hall–Kier alpha value is -2.08. The van der Waals surface area contributed by atoms with Crippen molar-refractivity contribution in [3.05, 3.63) is 29.8 Å². The molecule has 1 fully saturated rings. The number of rotatable bonds is 4. The molecule has 0 spiro atoms. The van der Waals surface area contributed by atoms with E-state index in [-0.39, 0.29) is 18.0 Å². The van der Waals surface area contributed by atoms with Gasteiger partial charge in [-0.1, -0.05) is 18.2 Å². The summed E-state index contributed by atoms with van der Waals surface area (Å²) in [5.41, 5.74) is 1.87. The predicted molar refractivity (Wildman–Crippen MR) is 111 cm³/mol. The monoisotopic (exact) mass is 387 g/mol. The summed E-state index contributed by atoms with van der Waals surface area (Å²) in [7, 11) is 1.82. The van der Waals surface area contributed by atoms with E-state index >= 15 is 0 Å². The Labute approximate surface area is 168 Å². The van der Waals surface area contributed by atoms with Crippen LogP contribution in [0.4, 0.5) is 10.5 Å². The maximum atomic E-state index is 12.7. The fourth-order valence-corrected chi connectivity index (χ4v) is 4.00. The van der Waals surface area contributed by atoms with Crippen LogP contribution in [-0.2, 0) is 16.0 Å². The van der Waals surface area contributed by atoms with Gasteiger partial charge in [0.25, 0.3) is 0 Å². The number of likely N-dealkylation sites (tertiary alicyclic amines) is 1. The second-order valence-corrected chi connectivity index (χ2v) is 8.84. The summed E-state index contributed by atoms with van der Waals surface area (Å²) in [5.74, 6) is 0.206. The van der Waals surface area contributed by atoms with Crippen molar-refractivity contribution in [2.24, 2.45) is 0 Å². The quantitative estimate of drug-likeness (QED) is 0.795. The van der Waals surface area contributed by atoms with Gasteiger partial charge in [-0.2, -0.15) is 0 Å². The molecule has 1 aromatic carbocycles. The second-order valence-electron chi connectivity index (χ2n) is 8.84. The molecule has 2 aliphatic rings. The lowest BCUT2D eigenvalue weighted by Gasteiger charge is -2.37. The van der Waals surface area contributed by atoms with Crippen LogP contribution in [0.25, 0.3) is 0 Å². The molecule has 28 heavy (non-hydrogen) atoms. The molecular formula is C22H33N3O3. The van der Waals surface area contributed by atoms with Crippen LogP contribution in [0, 0.1) is 0 Å². The Morgan fingerprint density at radius 1 is 1.14 bits per heavy atom. The number of carbonyl (C=O) groups excluding carboxylic acids is 2. The van der Waals surface area contributed by atoms with Gasteiger partial charge in [-0.3, -0.25) is 4.79 Å². The maximum absolute atomic E-state index is 12.7. The first kappa shape index (κ1) is 20.6. The molecule has 0 aliphatic carbocycles. The molecule has 2 aliphatic heterocycles. The van der Waals surface area contributed by atoms with E-state index in [0.717, 1.165) is 51.1 Å². The van der Waals surface area contributed by atoms with Gasteiger partial charge in [-0.15, -0.1) is 0 Å². The van der Waals surface area contributed by atoms with E-state index in [2.05, 4.69) is 11.0 Å². The average Bonchev–Trinajstić information content (AvgIpc) is 3.09. The van der Waals surface area contributed by atoms with Crippen molar-refractivity contribution in [3.8, 4) is 0 Å². The van der Waals surface area contributed by atoms with Crippen LogP contribution in [0.2, 0.25) is 0 Å². The Morgan fingerprint density at radius 3 is 2.50 bits per heavy atom. The molecule has 0 aromatic heterocycles. The smallest absolute Gasteiger partial charge is 0.410 e. The zero-order valence-corrected chi connectivity index (χ0v) is 17.6.